The predicted molar refractivity (Wildman–Crippen MR) is 73.6 cm³/mol. The van der Waals surface area contributed by atoms with Crippen LogP contribution in [0.5, 0.6) is 6.01 Å². The molecule has 3 aromatic rings. The number of aromatic amines is 1. The Morgan fingerprint density at radius 2 is 1.95 bits per heavy atom. The zero-order valence-corrected chi connectivity index (χ0v) is 10.6. The summed E-state index contributed by atoms with van der Waals surface area (Å²) >= 11 is 0. The van der Waals surface area contributed by atoms with Crippen LogP contribution in [-0.2, 0) is 0 Å². The van der Waals surface area contributed by atoms with Crippen molar-refractivity contribution in [2.75, 3.05) is 12.8 Å². The number of hydrogen-bond donors (Lipinski definition) is 2. The van der Waals surface area contributed by atoms with Gasteiger partial charge in [0.15, 0.2) is 17.3 Å². The lowest BCUT2D eigenvalue weighted by molar-refractivity contribution is 0.379. The van der Waals surface area contributed by atoms with Crippen LogP contribution >= 0.6 is 0 Å². The molecular formula is C12H11N7O. The molecule has 3 aromatic heterocycles. The lowest BCUT2D eigenvalue weighted by Crippen LogP contribution is -1.97. The molecule has 3 rings (SSSR count). The van der Waals surface area contributed by atoms with Crippen LogP contribution < -0.4 is 10.5 Å². The number of nitrogens with two attached hydrogens (primary N) is 1. The Balaban J connectivity index is 1.89. The van der Waals surface area contributed by atoms with Gasteiger partial charge in [0.1, 0.15) is 5.52 Å². The minimum absolute atomic E-state index is 0.320. The summed E-state index contributed by atoms with van der Waals surface area (Å²) < 4.78 is 4.89. The van der Waals surface area contributed by atoms with Crippen LogP contribution in [0.2, 0.25) is 0 Å². The average Bonchev–Trinajstić information content (AvgIpc) is 2.94. The molecule has 3 heterocycles. The summed E-state index contributed by atoms with van der Waals surface area (Å²) in [4.78, 5) is 23.4. The Kier molecular flexibility index (Phi) is 2.96. The van der Waals surface area contributed by atoms with Crippen LogP contribution in [-0.4, -0.2) is 37.0 Å². The molecule has 8 nitrogen and oxygen atoms in total. The maximum absolute atomic E-state index is 5.81. The lowest BCUT2D eigenvalue weighted by atomic mass is 10.3. The molecule has 0 aromatic carbocycles. The summed E-state index contributed by atoms with van der Waals surface area (Å²) in [6.45, 7) is 0. The predicted octanol–water partition coefficient (Wildman–Crippen LogP) is 0.904. The SMILES string of the molecule is COc1ncc(C=Cc2nc(N)c3[nH]cnc3n2)cn1. The van der Waals surface area contributed by atoms with E-state index < -0.39 is 0 Å². The smallest absolute Gasteiger partial charge is 0.316 e. The highest BCUT2D eigenvalue weighted by atomic mass is 16.5. The Bertz CT molecular complexity index is 763. The van der Waals surface area contributed by atoms with Gasteiger partial charge >= 0.3 is 6.01 Å². The fourth-order valence-corrected chi connectivity index (χ4v) is 1.64. The third-order valence-corrected chi connectivity index (χ3v) is 2.59. The van der Waals surface area contributed by atoms with Gasteiger partial charge in [0, 0.05) is 18.0 Å². The van der Waals surface area contributed by atoms with Gasteiger partial charge in [0.2, 0.25) is 0 Å². The second-order valence-electron chi connectivity index (χ2n) is 3.90. The normalized spacial score (nSPS) is 11.2. The Hall–Kier alpha value is -3.03. The number of rotatable bonds is 3. The van der Waals surface area contributed by atoms with Gasteiger partial charge in [-0.1, -0.05) is 0 Å². The van der Waals surface area contributed by atoms with Crippen molar-refractivity contribution >= 4 is 29.1 Å². The third-order valence-electron chi connectivity index (χ3n) is 2.59. The van der Waals surface area contributed by atoms with Crippen LogP contribution in [0.3, 0.4) is 0 Å². The van der Waals surface area contributed by atoms with Crippen molar-refractivity contribution in [3.05, 3.63) is 30.1 Å². The fourth-order valence-electron chi connectivity index (χ4n) is 1.64. The number of nitrogen functional groups attached to an aromatic ring is 1. The van der Waals surface area contributed by atoms with E-state index in [4.69, 9.17) is 10.5 Å². The first kappa shape index (κ1) is 12.0. The molecule has 3 N–H and O–H groups in total. The molecule has 0 spiro atoms. The van der Waals surface area contributed by atoms with E-state index in [0.717, 1.165) is 5.56 Å². The highest BCUT2D eigenvalue weighted by Crippen LogP contribution is 2.14. The molecule has 8 heteroatoms. The van der Waals surface area contributed by atoms with Crippen molar-refractivity contribution in [1.29, 1.82) is 0 Å². The maximum Gasteiger partial charge on any atom is 0.316 e. The second-order valence-corrected chi connectivity index (χ2v) is 3.90. The van der Waals surface area contributed by atoms with Gasteiger partial charge in [-0.15, -0.1) is 0 Å². The van der Waals surface area contributed by atoms with Crippen molar-refractivity contribution in [2.45, 2.75) is 0 Å². The van der Waals surface area contributed by atoms with E-state index in [1.54, 1.807) is 24.5 Å². The Morgan fingerprint density at radius 3 is 2.70 bits per heavy atom. The number of nitrogens with zero attached hydrogens (tertiary/aromatic N) is 5. The van der Waals surface area contributed by atoms with Gasteiger partial charge in [0.05, 0.1) is 13.4 Å². The van der Waals surface area contributed by atoms with E-state index in [-0.39, 0.29) is 0 Å². The number of imidazole rings is 1. The molecule has 0 radical (unpaired) electrons. The van der Waals surface area contributed by atoms with Gasteiger partial charge in [-0.2, -0.15) is 0 Å². The largest absolute Gasteiger partial charge is 0.467 e. The van der Waals surface area contributed by atoms with Gasteiger partial charge in [0.25, 0.3) is 0 Å². The number of hydrogen-bond acceptors (Lipinski definition) is 7. The summed E-state index contributed by atoms with van der Waals surface area (Å²) in [5, 5.41) is 0. The van der Waals surface area contributed by atoms with Crippen LogP contribution in [0.25, 0.3) is 23.3 Å². The van der Waals surface area contributed by atoms with Crippen molar-refractivity contribution in [3.8, 4) is 6.01 Å². The fraction of sp³-hybridized carbons (Fsp3) is 0.0833. The van der Waals surface area contributed by atoms with E-state index in [9.17, 15) is 0 Å². The van der Waals surface area contributed by atoms with Crippen LogP contribution in [0, 0.1) is 0 Å². The number of H-pyrrole nitrogens is 1. The zero-order valence-electron chi connectivity index (χ0n) is 10.6. The van der Waals surface area contributed by atoms with Gasteiger partial charge in [-0.25, -0.2) is 24.9 Å². The summed E-state index contributed by atoms with van der Waals surface area (Å²) in [6, 6.07) is 0.320. The lowest BCUT2D eigenvalue weighted by Gasteiger charge is -1.98. The van der Waals surface area contributed by atoms with Crippen LogP contribution in [0.15, 0.2) is 18.7 Å². The monoisotopic (exact) mass is 269 g/mol. The van der Waals surface area contributed by atoms with Crippen molar-refractivity contribution in [2.24, 2.45) is 0 Å². The van der Waals surface area contributed by atoms with Crippen molar-refractivity contribution in [1.82, 2.24) is 29.9 Å². The molecule has 0 saturated heterocycles. The van der Waals surface area contributed by atoms with E-state index in [1.165, 1.54) is 13.4 Å². The van der Waals surface area contributed by atoms with E-state index >= 15 is 0 Å². The standard InChI is InChI=1S/C12H11N7O/c1-20-12-14-4-7(5-15-12)2-3-8-18-10(13)9-11(19-8)17-6-16-9/h2-6H,1H3,(H3,13,16,17,18,19). The number of aromatic nitrogens is 6. The second kappa shape index (κ2) is 4.92. The maximum atomic E-state index is 5.81. The first-order chi connectivity index (χ1) is 9.76. The minimum atomic E-state index is 0.320. The van der Waals surface area contributed by atoms with Gasteiger partial charge in [-0.3, -0.25) is 0 Å². The number of anilines is 1. The first-order valence-electron chi connectivity index (χ1n) is 5.77. The molecule has 0 unspecified atom stereocenters. The topological polar surface area (TPSA) is 115 Å². The summed E-state index contributed by atoms with van der Waals surface area (Å²) in [6.07, 6.45) is 8.31. The molecular weight excluding hydrogens is 258 g/mol. The quantitative estimate of drug-likeness (QED) is 0.725. The van der Waals surface area contributed by atoms with E-state index in [1.807, 2.05) is 0 Å². The molecule has 0 fully saturated rings. The van der Waals surface area contributed by atoms with Gasteiger partial charge in [-0.05, 0) is 12.2 Å². The van der Waals surface area contributed by atoms with Crippen molar-refractivity contribution in [3.63, 3.8) is 0 Å². The first-order valence-corrected chi connectivity index (χ1v) is 5.77. The van der Waals surface area contributed by atoms with Gasteiger partial charge < -0.3 is 15.5 Å². The van der Waals surface area contributed by atoms with Crippen LogP contribution in [0.4, 0.5) is 5.82 Å². The van der Waals surface area contributed by atoms with E-state index in [0.29, 0.717) is 28.8 Å². The molecule has 0 aliphatic carbocycles. The number of fused-ring (bicyclic) bond motifs is 1. The number of methoxy groups -OCH3 is 1. The highest BCUT2D eigenvalue weighted by Gasteiger charge is 2.04. The minimum Gasteiger partial charge on any atom is -0.467 e. The highest BCUT2D eigenvalue weighted by molar-refractivity contribution is 5.82. The van der Waals surface area contributed by atoms with Crippen LogP contribution in [0.1, 0.15) is 11.4 Å². The zero-order chi connectivity index (χ0) is 13.9. The molecule has 0 aliphatic rings. The Morgan fingerprint density at radius 1 is 1.15 bits per heavy atom. The number of nitrogens with one attached hydrogen (secondary N) is 1. The summed E-state index contributed by atoms with van der Waals surface area (Å²) in [7, 11) is 1.51. The van der Waals surface area contributed by atoms with E-state index in [2.05, 4.69) is 29.9 Å². The molecule has 0 amide bonds. The van der Waals surface area contributed by atoms with Crippen molar-refractivity contribution < 1.29 is 4.74 Å². The summed E-state index contributed by atoms with van der Waals surface area (Å²) in [5.41, 5.74) is 7.78. The molecule has 100 valence electrons. The molecule has 0 atom stereocenters. The number of ether oxygens (including phenoxy) is 1. The summed E-state index contributed by atoms with van der Waals surface area (Å²) in [5.74, 6) is 0.830. The Labute approximate surface area is 113 Å². The molecule has 0 bridgehead atoms. The third kappa shape index (κ3) is 2.26. The molecule has 20 heavy (non-hydrogen) atoms. The molecule has 0 saturated carbocycles. The average molecular weight is 269 g/mol. The molecule has 0 aliphatic heterocycles.